The van der Waals surface area contributed by atoms with E-state index in [-0.39, 0.29) is 24.0 Å². The Kier molecular flexibility index (Phi) is 4.41. The first kappa shape index (κ1) is 17.0. The first-order chi connectivity index (χ1) is 11.2. The van der Waals surface area contributed by atoms with Crippen molar-refractivity contribution in [2.24, 2.45) is 0 Å². The van der Waals surface area contributed by atoms with Crippen LogP contribution in [0.5, 0.6) is 0 Å². The fourth-order valence-electron chi connectivity index (χ4n) is 3.71. The number of rotatable bonds is 1. The number of amides is 1. The van der Waals surface area contributed by atoms with E-state index in [0.717, 1.165) is 30.4 Å². The number of aryl methyl sites for hydroxylation is 1. The minimum atomic E-state index is -0.502. The van der Waals surface area contributed by atoms with Gasteiger partial charge in [-0.15, -0.1) is 0 Å². The van der Waals surface area contributed by atoms with Gasteiger partial charge in [0.05, 0.1) is 6.04 Å². The minimum absolute atomic E-state index is 0.00283. The zero-order valence-electron chi connectivity index (χ0n) is 14.9. The molecule has 2 bridgehead atoms. The van der Waals surface area contributed by atoms with Crippen LogP contribution in [0, 0.1) is 12.7 Å². The molecule has 2 aliphatic rings. The molecule has 3 rings (SSSR count). The summed E-state index contributed by atoms with van der Waals surface area (Å²) in [4.78, 5) is 14.4. The van der Waals surface area contributed by atoms with Crippen molar-refractivity contribution in [2.45, 2.75) is 71.1 Å². The number of nitrogens with zero attached hydrogens (tertiary/aromatic N) is 1. The van der Waals surface area contributed by atoms with E-state index < -0.39 is 5.60 Å². The number of hydrogen-bond donors (Lipinski definition) is 0. The molecule has 0 aliphatic carbocycles. The molecule has 1 saturated heterocycles. The summed E-state index contributed by atoms with van der Waals surface area (Å²) in [6, 6.07) is 5.47. The fourth-order valence-corrected chi connectivity index (χ4v) is 3.71. The predicted octanol–water partition coefficient (Wildman–Crippen LogP) is 5.08. The lowest BCUT2D eigenvalue weighted by Gasteiger charge is -2.45. The molecule has 1 aromatic rings. The minimum Gasteiger partial charge on any atom is -0.444 e. The Balaban J connectivity index is 1.88. The smallest absolute Gasteiger partial charge is 0.411 e. The molecule has 1 aromatic carbocycles. The molecule has 2 heterocycles. The standard InChI is InChI=1S/C20H26FNO2/c1-13-8-9-17(18(21)10-13)14-11-15-6-5-7-16(12-14)22(15)19(23)24-20(2,3)4/h8-11,15-16H,5-7,12H2,1-4H3. The second-order valence-electron chi connectivity index (χ2n) is 7.92. The van der Waals surface area contributed by atoms with E-state index in [4.69, 9.17) is 4.74 Å². The molecule has 2 aliphatic heterocycles. The van der Waals surface area contributed by atoms with Crippen molar-refractivity contribution in [3.63, 3.8) is 0 Å². The lowest BCUT2D eigenvalue weighted by atomic mass is 9.83. The van der Waals surface area contributed by atoms with Gasteiger partial charge in [-0.3, -0.25) is 4.90 Å². The summed E-state index contributed by atoms with van der Waals surface area (Å²) >= 11 is 0. The molecule has 1 fully saturated rings. The quantitative estimate of drug-likeness (QED) is 0.718. The Bertz CT molecular complexity index is 675. The number of halogens is 1. The molecule has 0 radical (unpaired) electrons. The third-order valence-corrected chi connectivity index (χ3v) is 4.71. The van der Waals surface area contributed by atoms with E-state index >= 15 is 0 Å². The second kappa shape index (κ2) is 6.23. The Hall–Kier alpha value is -1.84. The molecule has 0 saturated carbocycles. The molecule has 0 aromatic heterocycles. The Morgan fingerprint density at radius 3 is 2.67 bits per heavy atom. The van der Waals surface area contributed by atoms with E-state index in [0.29, 0.717) is 12.0 Å². The zero-order chi connectivity index (χ0) is 17.5. The fraction of sp³-hybridized carbons (Fsp3) is 0.550. The first-order valence-electron chi connectivity index (χ1n) is 8.73. The van der Waals surface area contributed by atoms with Gasteiger partial charge in [0.2, 0.25) is 0 Å². The van der Waals surface area contributed by atoms with E-state index in [2.05, 4.69) is 6.08 Å². The normalized spacial score (nSPS) is 23.7. The number of carbonyl (C=O) groups excluding carboxylic acids is 1. The highest BCUT2D eigenvalue weighted by atomic mass is 19.1. The number of carbonyl (C=O) groups is 1. The van der Waals surface area contributed by atoms with Gasteiger partial charge in [0.15, 0.2) is 0 Å². The average Bonchev–Trinajstić information content (AvgIpc) is 2.44. The molecule has 24 heavy (non-hydrogen) atoms. The van der Waals surface area contributed by atoms with Crippen molar-refractivity contribution in [1.29, 1.82) is 0 Å². The van der Waals surface area contributed by atoms with Gasteiger partial charge >= 0.3 is 6.09 Å². The molecule has 130 valence electrons. The van der Waals surface area contributed by atoms with Crippen LogP contribution in [0.1, 0.15) is 57.6 Å². The van der Waals surface area contributed by atoms with E-state index in [1.807, 2.05) is 44.7 Å². The summed E-state index contributed by atoms with van der Waals surface area (Å²) in [6.07, 6.45) is 5.45. The largest absolute Gasteiger partial charge is 0.444 e. The van der Waals surface area contributed by atoms with Gasteiger partial charge in [-0.25, -0.2) is 9.18 Å². The molecule has 2 unspecified atom stereocenters. The first-order valence-corrected chi connectivity index (χ1v) is 8.73. The van der Waals surface area contributed by atoms with Gasteiger partial charge in [0.1, 0.15) is 11.4 Å². The molecule has 2 atom stereocenters. The van der Waals surface area contributed by atoms with Gasteiger partial charge in [-0.05, 0) is 70.6 Å². The third-order valence-electron chi connectivity index (χ3n) is 4.71. The average molecular weight is 331 g/mol. The van der Waals surface area contributed by atoms with Gasteiger partial charge in [0.25, 0.3) is 0 Å². The van der Waals surface area contributed by atoms with Gasteiger partial charge < -0.3 is 4.74 Å². The number of ether oxygens (including phenoxy) is 1. The molecular formula is C20H26FNO2. The Morgan fingerprint density at radius 1 is 1.29 bits per heavy atom. The maximum Gasteiger partial charge on any atom is 0.411 e. The monoisotopic (exact) mass is 331 g/mol. The van der Waals surface area contributed by atoms with Crippen molar-refractivity contribution >= 4 is 11.7 Å². The molecule has 0 spiro atoms. The van der Waals surface area contributed by atoms with E-state index in [1.165, 1.54) is 0 Å². The van der Waals surface area contributed by atoms with Crippen molar-refractivity contribution in [2.75, 3.05) is 0 Å². The van der Waals surface area contributed by atoms with Crippen molar-refractivity contribution in [3.05, 3.63) is 41.2 Å². The van der Waals surface area contributed by atoms with E-state index in [1.54, 1.807) is 6.07 Å². The molecule has 3 nitrogen and oxygen atoms in total. The molecule has 4 heteroatoms. The highest BCUT2D eigenvalue weighted by molar-refractivity contribution is 5.75. The predicted molar refractivity (Wildman–Crippen MR) is 93.2 cm³/mol. The van der Waals surface area contributed by atoms with Crippen molar-refractivity contribution in [1.82, 2.24) is 4.90 Å². The van der Waals surface area contributed by atoms with Crippen LogP contribution in [0.3, 0.4) is 0 Å². The lowest BCUT2D eigenvalue weighted by Crippen LogP contribution is -2.53. The highest BCUT2D eigenvalue weighted by Crippen LogP contribution is 2.38. The molecular weight excluding hydrogens is 305 g/mol. The topological polar surface area (TPSA) is 29.5 Å². The third kappa shape index (κ3) is 3.47. The maximum atomic E-state index is 14.3. The van der Waals surface area contributed by atoms with Crippen molar-refractivity contribution < 1.29 is 13.9 Å². The van der Waals surface area contributed by atoms with Crippen LogP contribution in [0.25, 0.3) is 5.57 Å². The highest BCUT2D eigenvalue weighted by Gasteiger charge is 2.39. The number of piperidine rings is 1. The second-order valence-corrected chi connectivity index (χ2v) is 7.92. The van der Waals surface area contributed by atoms with Gasteiger partial charge in [-0.1, -0.05) is 18.2 Å². The Morgan fingerprint density at radius 2 is 2.04 bits per heavy atom. The van der Waals surface area contributed by atoms with E-state index in [9.17, 15) is 9.18 Å². The SMILES string of the molecule is Cc1ccc(C2=CC3CCCC(C2)N3C(=O)OC(C)(C)C)c(F)c1. The number of fused-ring (bicyclic) bond motifs is 2. The molecule has 1 amide bonds. The van der Waals surface area contributed by atoms with Gasteiger partial charge in [-0.2, -0.15) is 0 Å². The van der Waals surface area contributed by atoms with Crippen LogP contribution in [0.15, 0.2) is 24.3 Å². The van der Waals surface area contributed by atoms with Crippen LogP contribution < -0.4 is 0 Å². The van der Waals surface area contributed by atoms with Crippen LogP contribution in [0.2, 0.25) is 0 Å². The van der Waals surface area contributed by atoms with Crippen molar-refractivity contribution in [3.8, 4) is 0 Å². The summed E-state index contributed by atoms with van der Waals surface area (Å²) in [5, 5.41) is 0. The maximum absolute atomic E-state index is 14.3. The summed E-state index contributed by atoms with van der Waals surface area (Å²) in [7, 11) is 0. The van der Waals surface area contributed by atoms with Crippen LogP contribution in [-0.4, -0.2) is 28.7 Å². The summed E-state index contributed by atoms with van der Waals surface area (Å²) in [6.45, 7) is 7.54. The van der Waals surface area contributed by atoms with Gasteiger partial charge in [0, 0.05) is 11.6 Å². The van der Waals surface area contributed by atoms with Crippen LogP contribution in [0.4, 0.5) is 9.18 Å². The summed E-state index contributed by atoms with van der Waals surface area (Å²) in [5.41, 5.74) is 2.10. The Labute approximate surface area is 143 Å². The summed E-state index contributed by atoms with van der Waals surface area (Å²) < 4.78 is 19.9. The van der Waals surface area contributed by atoms with Crippen LogP contribution in [-0.2, 0) is 4.74 Å². The number of benzene rings is 1. The molecule has 0 N–H and O–H groups in total. The number of hydrogen-bond acceptors (Lipinski definition) is 2. The lowest BCUT2D eigenvalue weighted by molar-refractivity contribution is 0.0000789. The summed E-state index contributed by atoms with van der Waals surface area (Å²) in [5.74, 6) is -0.176. The zero-order valence-corrected chi connectivity index (χ0v) is 14.9. The van der Waals surface area contributed by atoms with Crippen LogP contribution >= 0.6 is 0 Å².